The number of rotatable bonds is 2. The summed E-state index contributed by atoms with van der Waals surface area (Å²) in [7, 11) is 0. The molecule has 3 nitrogen and oxygen atoms in total. The highest BCUT2D eigenvalue weighted by atomic mass is 35.5. The van der Waals surface area contributed by atoms with Crippen LogP contribution in [-0.2, 0) is 0 Å². The molecule has 0 spiro atoms. The maximum atomic E-state index is 13.8. The Labute approximate surface area is 115 Å². The molecule has 98 valence electrons. The molecular formula is C14H12ClFN2O. The number of nitrogen functional groups attached to an aromatic ring is 1. The Hall–Kier alpha value is -2.07. The zero-order valence-corrected chi connectivity index (χ0v) is 11.0. The fourth-order valence-electron chi connectivity index (χ4n) is 1.66. The van der Waals surface area contributed by atoms with Crippen molar-refractivity contribution >= 4 is 28.9 Å². The molecule has 0 saturated heterocycles. The van der Waals surface area contributed by atoms with Gasteiger partial charge in [0.25, 0.3) is 5.91 Å². The van der Waals surface area contributed by atoms with Gasteiger partial charge in [-0.2, -0.15) is 0 Å². The lowest BCUT2D eigenvalue weighted by Gasteiger charge is -2.09. The van der Waals surface area contributed by atoms with E-state index >= 15 is 0 Å². The SMILES string of the molecule is Cc1cccc(C(=O)Nc2ccc(Cl)cc2N)c1F. The van der Waals surface area contributed by atoms with Crippen molar-refractivity contribution < 1.29 is 9.18 Å². The number of carbonyl (C=O) groups is 1. The minimum Gasteiger partial charge on any atom is -0.397 e. The van der Waals surface area contributed by atoms with E-state index in [-0.39, 0.29) is 5.56 Å². The Morgan fingerprint density at radius 1 is 1.32 bits per heavy atom. The van der Waals surface area contributed by atoms with Crippen LogP contribution >= 0.6 is 11.6 Å². The van der Waals surface area contributed by atoms with E-state index in [0.29, 0.717) is 22.0 Å². The van der Waals surface area contributed by atoms with Crippen LogP contribution in [0.4, 0.5) is 15.8 Å². The first-order valence-electron chi connectivity index (χ1n) is 5.60. The van der Waals surface area contributed by atoms with Crippen LogP contribution in [0.3, 0.4) is 0 Å². The van der Waals surface area contributed by atoms with Crippen molar-refractivity contribution in [1.29, 1.82) is 0 Å². The number of benzene rings is 2. The van der Waals surface area contributed by atoms with E-state index in [1.165, 1.54) is 12.1 Å². The summed E-state index contributed by atoms with van der Waals surface area (Å²) in [6.07, 6.45) is 0. The number of halogens is 2. The Morgan fingerprint density at radius 2 is 2.05 bits per heavy atom. The van der Waals surface area contributed by atoms with Crippen LogP contribution in [0.2, 0.25) is 5.02 Å². The van der Waals surface area contributed by atoms with Crippen LogP contribution in [0.5, 0.6) is 0 Å². The second-order valence-corrected chi connectivity index (χ2v) is 4.56. The Bertz CT molecular complexity index is 643. The number of nitrogens with one attached hydrogen (secondary N) is 1. The average molecular weight is 279 g/mol. The van der Waals surface area contributed by atoms with E-state index in [4.69, 9.17) is 17.3 Å². The molecule has 3 N–H and O–H groups in total. The number of aryl methyl sites for hydroxylation is 1. The average Bonchev–Trinajstić information content (AvgIpc) is 2.36. The number of nitrogens with two attached hydrogens (primary N) is 1. The summed E-state index contributed by atoms with van der Waals surface area (Å²) in [6.45, 7) is 1.60. The smallest absolute Gasteiger partial charge is 0.258 e. The molecule has 0 heterocycles. The van der Waals surface area contributed by atoms with Crippen LogP contribution in [0.1, 0.15) is 15.9 Å². The molecule has 0 radical (unpaired) electrons. The van der Waals surface area contributed by atoms with Crippen molar-refractivity contribution in [2.45, 2.75) is 6.92 Å². The van der Waals surface area contributed by atoms with Gasteiger partial charge in [-0.25, -0.2) is 4.39 Å². The van der Waals surface area contributed by atoms with Crippen LogP contribution in [-0.4, -0.2) is 5.91 Å². The normalized spacial score (nSPS) is 10.3. The molecule has 0 bridgehead atoms. The van der Waals surface area contributed by atoms with Crippen molar-refractivity contribution in [3.63, 3.8) is 0 Å². The van der Waals surface area contributed by atoms with Crippen molar-refractivity contribution in [3.05, 3.63) is 58.4 Å². The van der Waals surface area contributed by atoms with Gasteiger partial charge in [0, 0.05) is 5.02 Å². The van der Waals surface area contributed by atoms with Gasteiger partial charge in [0.1, 0.15) is 5.82 Å². The number of amides is 1. The summed E-state index contributed by atoms with van der Waals surface area (Å²) in [4.78, 5) is 12.0. The number of anilines is 2. The zero-order chi connectivity index (χ0) is 14.0. The van der Waals surface area contributed by atoms with E-state index < -0.39 is 11.7 Å². The molecule has 0 aromatic heterocycles. The van der Waals surface area contributed by atoms with Gasteiger partial charge in [-0.05, 0) is 36.8 Å². The first-order valence-corrected chi connectivity index (χ1v) is 5.98. The summed E-state index contributed by atoms with van der Waals surface area (Å²) < 4.78 is 13.8. The second kappa shape index (κ2) is 5.28. The number of hydrogen-bond acceptors (Lipinski definition) is 2. The quantitative estimate of drug-likeness (QED) is 0.824. The lowest BCUT2D eigenvalue weighted by atomic mass is 10.1. The van der Waals surface area contributed by atoms with Gasteiger partial charge in [-0.3, -0.25) is 4.79 Å². The zero-order valence-electron chi connectivity index (χ0n) is 10.2. The first kappa shape index (κ1) is 13.4. The van der Waals surface area contributed by atoms with Crippen LogP contribution in [0, 0.1) is 12.7 Å². The highest BCUT2D eigenvalue weighted by Crippen LogP contribution is 2.23. The summed E-state index contributed by atoms with van der Waals surface area (Å²) >= 11 is 5.76. The summed E-state index contributed by atoms with van der Waals surface area (Å²) in [6, 6.07) is 9.33. The van der Waals surface area contributed by atoms with Gasteiger partial charge in [-0.15, -0.1) is 0 Å². The standard InChI is InChI=1S/C14H12ClFN2O/c1-8-3-2-4-10(13(8)16)14(19)18-12-6-5-9(15)7-11(12)17/h2-7H,17H2,1H3,(H,18,19). The highest BCUT2D eigenvalue weighted by Gasteiger charge is 2.14. The van der Waals surface area contributed by atoms with Crippen molar-refractivity contribution in [3.8, 4) is 0 Å². The molecule has 0 saturated carbocycles. The van der Waals surface area contributed by atoms with Crippen molar-refractivity contribution in [2.24, 2.45) is 0 Å². The predicted molar refractivity (Wildman–Crippen MR) is 75.0 cm³/mol. The lowest BCUT2D eigenvalue weighted by Crippen LogP contribution is -2.15. The molecule has 0 unspecified atom stereocenters. The minimum atomic E-state index is -0.546. The molecule has 2 aromatic carbocycles. The summed E-state index contributed by atoms with van der Waals surface area (Å²) in [5.74, 6) is -1.08. The third-order valence-electron chi connectivity index (χ3n) is 2.70. The predicted octanol–water partition coefficient (Wildman–Crippen LogP) is 3.62. The molecule has 1 amide bonds. The Morgan fingerprint density at radius 3 is 2.74 bits per heavy atom. The van der Waals surface area contributed by atoms with E-state index in [1.807, 2.05) is 0 Å². The molecule has 5 heteroatoms. The van der Waals surface area contributed by atoms with E-state index in [9.17, 15) is 9.18 Å². The molecule has 0 atom stereocenters. The molecule has 2 aromatic rings. The molecule has 19 heavy (non-hydrogen) atoms. The van der Waals surface area contributed by atoms with Gasteiger partial charge in [0.15, 0.2) is 0 Å². The minimum absolute atomic E-state index is 0.0191. The van der Waals surface area contributed by atoms with E-state index in [2.05, 4.69) is 5.32 Å². The summed E-state index contributed by atoms with van der Waals surface area (Å²) in [5, 5.41) is 3.03. The molecule has 0 aliphatic rings. The van der Waals surface area contributed by atoms with Gasteiger partial charge < -0.3 is 11.1 Å². The third-order valence-corrected chi connectivity index (χ3v) is 2.93. The maximum absolute atomic E-state index is 13.8. The van der Waals surface area contributed by atoms with Gasteiger partial charge in [-0.1, -0.05) is 23.7 Å². The van der Waals surface area contributed by atoms with E-state index in [0.717, 1.165) is 0 Å². The second-order valence-electron chi connectivity index (χ2n) is 4.12. The largest absolute Gasteiger partial charge is 0.397 e. The van der Waals surface area contributed by atoms with Crippen LogP contribution < -0.4 is 11.1 Å². The van der Waals surface area contributed by atoms with E-state index in [1.54, 1.807) is 31.2 Å². The lowest BCUT2D eigenvalue weighted by molar-refractivity contribution is 0.102. The summed E-state index contributed by atoms with van der Waals surface area (Å²) in [5.41, 5.74) is 6.84. The fourth-order valence-corrected chi connectivity index (χ4v) is 1.84. The first-order chi connectivity index (χ1) is 8.99. The highest BCUT2D eigenvalue weighted by molar-refractivity contribution is 6.31. The van der Waals surface area contributed by atoms with Gasteiger partial charge >= 0.3 is 0 Å². The van der Waals surface area contributed by atoms with Crippen LogP contribution in [0.25, 0.3) is 0 Å². The van der Waals surface area contributed by atoms with Gasteiger partial charge in [0.2, 0.25) is 0 Å². The Kier molecular flexibility index (Phi) is 3.71. The topological polar surface area (TPSA) is 55.1 Å². The fraction of sp³-hybridized carbons (Fsp3) is 0.0714. The van der Waals surface area contributed by atoms with Gasteiger partial charge in [0.05, 0.1) is 16.9 Å². The number of carbonyl (C=O) groups excluding carboxylic acids is 1. The van der Waals surface area contributed by atoms with Crippen molar-refractivity contribution in [2.75, 3.05) is 11.1 Å². The van der Waals surface area contributed by atoms with Crippen LogP contribution in [0.15, 0.2) is 36.4 Å². The molecule has 2 rings (SSSR count). The molecule has 0 aliphatic carbocycles. The molecule has 0 aliphatic heterocycles. The monoisotopic (exact) mass is 278 g/mol. The molecule has 0 fully saturated rings. The third kappa shape index (κ3) is 2.85. The van der Waals surface area contributed by atoms with Crippen molar-refractivity contribution in [1.82, 2.24) is 0 Å². The molecular weight excluding hydrogens is 267 g/mol. The maximum Gasteiger partial charge on any atom is 0.258 e. The number of hydrogen-bond donors (Lipinski definition) is 2. The Balaban J connectivity index is 2.28.